The van der Waals surface area contributed by atoms with Crippen molar-refractivity contribution < 1.29 is 4.79 Å². The zero-order valence-electron chi connectivity index (χ0n) is 9.31. The molecule has 0 atom stereocenters. The van der Waals surface area contributed by atoms with Crippen molar-refractivity contribution in [2.24, 2.45) is 11.7 Å². The SMILES string of the molecule is CC(C)(N)CC(=O)NCC1CCCC1. The number of hydrogen-bond donors (Lipinski definition) is 2. The van der Waals surface area contributed by atoms with E-state index in [1.807, 2.05) is 13.8 Å². The highest BCUT2D eigenvalue weighted by molar-refractivity contribution is 5.77. The van der Waals surface area contributed by atoms with Crippen LogP contribution in [-0.2, 0) is 4.79 Å². The summed E-state index contributed by atoms with van der Waals surface area (Å²) < 4.78 is 0. The molecule has 3 nitrogen and oxygen atoms in total. The van der Waals surface area contributed by atoms with E-state index in [1.54, 1.807) is 0 Å². The van der Waals surface area contributed by atoms with Gasteiger partial charge >= 0.3 is 0 Å². The molecule has 14 heavy (non-hydrogen) atoms. The van der Waals surface area contributed by atoms with E-state index in [2.05, 4.69) is 5.32 Å². The van der Waals surface area contributed by atoms with Crippen molar-refractivity contribution in [3.05, 3.63) is 0 Å². The smallest absolute Gasteiger partial charge is 0.221 e. The molecule has 0 spiro atoms. The second-order valence-corrected chi connectivity index (χ2v) is 5.12. The van der Waals surface area contributed by atoms with Gasteiger partial charge in [-0.25, -0.2) is 0 Å². The first-order valence-electron chi connectivity index (χ1n) is 5.53. The minimum absolute atomic E-state index is 0.0874. The number of hydrogen-bond acceptors (Lipinski definition) is 2. The van der Waals surface area contributed by atoms with Crippen molar-refractivity contribution in [2.45, 2.75) is 51.5 Å². The van der Waals surface area contributed by atoms with Crippen LogP contribution in [0.3, 0.4) is 0 Å². The van der Waals surface area contributed by atoms with Gasteiger partial charge in [-0.2, -0.15) is 0 Å². The third kappa shape index (κ3) is 4.61. The number of nitrogens with two attached hydrogens (primary N) is 1. The molecule has 0 aromatic heterocycles. The maximum atomic E-state index is 11.4. The Kier molecular flexibility index (Phi) is 3.93. The van der Waals surface area contributed by atoms with Crippen molar-refractivity contribution in [1.29, 1.82) is 0 Å². The average Bonchev–Trinajstić information content (AvgIpc) is 2.49. The molecule has 1 aliphatic rings. The third-order valence-electron chi connectivity index (χ3n) is 2.68. The molecule has 0 aromatic carbocycles. The molecule has 1 saturated carbocycles. The second-order valence-electron chi connectivity index (χ2n) is 5.12. The maximum Gasteiger partial charge on any atom is 0.221 e. The lowest BCUT2D eigenvalue weighted by Crippen LogP contribution is -2.40. The molecule has 0 aliphatic heterocycles. The van der Waals surface area contributed by atoms with E-state index in [-0.39, 0.29) is 11.4 Å². The summed E-state index contributed by atoms with van der Waals surface area (Å²) in [6, 6.07) is 0. The molecule has 0 radical (unpaired) electrons. The fraction of sp³-hybridized carbons (Fsp3) is 0.909. The zero-order chi connectivity index (χ0) is 10.6. The van der Waals surface area contributed by atoms with Crippen LogP contribution >= 0.6 is 0 Å². The first-order chi connectivity index (χ1) is 6.47. The van der Waals surface area contributed by atoms with Crippen LogP contribution in [0.1, 0.15) is 46.0 Å². The Morgan fingerprint density at radius 1 is 1.43 bits per heavy atom. The highest BCUT2D eigenvalue weighted by atomic mass is 16.1. The number of nitrogens with one attached hydrogen (secondary N) is 1. The molecule has 0 heterocycles. The number of carbonyl (C=O) groups is 1. The Labute approximate surface area is 86.4 Å². The van der Waals surface area contributed by atoms with E-state index < -0.39 is 0 Å². The summed E-state index contributed by atoms with van der Waals surface area (Å²) in [6.45, 7) is 4.60. The van der Waals surface area contributed by atoms with Crippen molar-refractivity contribution in [2.75, 3.05) is 6.54 Å². The minimum atomic E-state index is -0.389. The van der Waals surface area contributed by atoms with E-state index in [0.717, 1.165) is 6.54 Å². The predicted molar refractivity (Wildman–Crippen MR) is 57.9 cm³/mol. The summed E-state index contributed by atoms with van der Waals surface area (Å²) in [5, 5.41) is 2.96. The van der Waals surface area contributed by atoms with Gasteiger partial charge in [0.15, 0.2) is 0 Å². The van der Waals surface area contributed by atoms with Gasteiger partial charge in [0.2, 0.25) is 5.91 Å². The standard InChI is InChI=1S/C11H22N2O/c1-11(2,12)7-10(14)13-8-9-5-3-4-6-9/h9H,3-8,12H2,1-2H3,(H,13,14). The van der Waals surface area contributed by atoms with Gasteiger partial charge in [0.05, 0.1) is 0 Å². The molecule has 1 fully saturated rings. The fourth-order valence-corrected chi connectivity index (χ4v) is 1.95. The molecule has 1 aliphatic carbocycles. The van der Waals surface area contributed by atoms with Crippen molar-refractivity contribution in [3.63, 3.8) is 0 Å². The van der Waals surface area contributed by atoms with Crippen LogP contribution in [0.2, 0.25) is 0 Å². The van der Waals surface area contributed by atoms with Gasteiger partial charge < -0.3 is 11.1 Å². The topological polar surface area (TPSA) is 55.1 Å². The van der Waals surface area contributed by atoms with Crippen LogP contribution in [0.15, 0.2) is 0 Å². The number of carbonyl (C=O) groups excluding carboxylic acids is 1. The van der Waals surface area contributed by atoms with Crippen LogP contribution in [0, 0.1) is 5.92 Å². The van der Waals surface area contributed by atoms with Crippen LogP contribution in [-0.4, -0.2) is 18.0 Å². The van der Waals surface area contributed by atoms with Gasteiger partial charge in [-0.05, 0) is 32.6 Å². The monoisotopic (exact) mass is 198 g/mol. The molecule has 3 heteroatoms. The van der Waals surface area contributed by atoms with E-state index in [0.29, 0.717) is 12.3 Å². The summed E-state index contributed by atoms with van der Waals surface area (Å²) in [5.41, 5.74) is 5.37. The third-order valence-corrected chi connectivity index (χ3v) is 2.68. The molecule has 0 unspecified atom stereocenters. The van der Waals surface area contributed by atoms with E-state index >= 15 is 0 Å². The Morgan fingerprint density at radius 2 is 2.00 bits per heavy atom. The predicted octanol–water partition coefficient (Wildman–Crippen LogP) is 1.42. The lowest BCUT2D eigenvalue weighted by molar-refractivity contribution is -0.122. The quantitative estimate of drug-likeness (QED) is 0.718. The summed E-state index contributed by atoms with van der Waals surface area (Å²) in [6.07, 6.45) is 5.60. The fourth-order valence-electron chi connectivity index (χ4n) is 1.95. The van der Waals surface area contributed by atoms with Crippen molar-refractivity contribution in [3.8, 4) is 0 Å². The highest BCUT2D eigenvalue weighted by Crippen LogP contribution is 2.23. The van der Waals surface area contributed by atoms with E-state index in [4.69, 9.17) is 5.73 Å². The lowest BCUT2D eigenvalue weighted by Gasteiger charge is -2.18. The Hall–Kier alpha value is -0.570. The normalized spacial score (nSPS) is 18.5. The van der Waals surface area contributed by atoms with Gasteiger partial charge in [0, 0.05) is 18.5 Å². The summed E-state index contributed by atoms with van der Waals surface area (Å²) in [5.74, 6) is 0.796. The second kappa shape index (κ2) is 4.78. The molecular weight excluding hydrogens is 176 g/mol. The molecule has 0 aromatic rings. The van der Waals surface area contributed by atoms with Crippen molar-refractivity contribution in [1.82, 2.24) is 5.32 Å². The Balaban J connectivity index is 2.14. The molecule has 1 amide bonds. The zero-order valence-corrected chi connectivity index (χ0v) is 9.31. The Bertz CT molecular complexity index is 190. The van der Waals surface area contributed by atoms with Crippen molar-refractivity contribution >= 4 is 5.91 Å². The average molecular weight is 198 g/mol. The van der Waals surface area contributed by atoms with Gasteiger partial charge in [0.25, 0.3) is 0 Å². The largest absolute Gasteiger partial charge is 0.356 e. The van der Waals surface area contributed by atoms with Gasteiger partial charge in [-0.3, -0.25) is 4.79 Å². The molecule has 82 valence electrons. The number of amides is 1. The highest BCUT2D eigenvalue weighted by Gasteiger charge is 2.19. The van der Waals surface area contributed by atoms with Gasteiger partial charge in [-0.1, -0.05) is 12.8 Å². The molecular formula is C11H22N2O. The number of rotatable bonds is 4. The summed E-state index contributed by atoms with van der Waals surface area (Å²) in [7, 11) is 0. The molecule has 0 bridgehead atoms. The van der Waals surface area contributed by atoms with E-state index in [9.17, 15) is 4.79 Å². The molecule has 1 rings (SSSR count). The summed E-state index contributed by atoms with van der Waals surface area (Å²) in [4.78, 5) is 11.4. The first kappa shape index (κ1) is 11.5. The summed E-state index contributed by atoms with van der Waals surface area (Å²) >= 11 is 0. The Morgan fingerprint density at radius 3 is 2.50 bits per heavy atom. The van der Waals surface area contributed by atoms with Crippen LogP contribution < -0.4 is 11.1 Å². The van der Waals surface area contributed by atoms with Crippen LogP contribution in [0.4, 0.5) is 0 Å². The molecule has 0 saturated heterocycles. The van der Waals surface area contributed by atoms with Gasteiger partial charge in [0.1, 0.15) is 0 Å². The van der Waals surface area contributed by atoms with Crippen LogP contribution in [0.5, 0.6) is 0 Å². The van der Waals surface area contributed by atoms with Crippen LogP contribution in [0.25, 0.3) is 0 Å². The first-order valence-corrected chi connectivity index (χ1v) is 5.53. The lowest BCUT2D eigenvalue weighted by atomic mass is 10.0. The molecule has 3 N–H and O–H groups in total. The minimum Gasteiger partial charge on any atom is -0.356 e. The van der Waals surface area contributed by atoms with Gasteiger partial charge in [-0.15, -0.1) is 0 Å². The maximum absolute atomic E-state index is 11.4. The van der Waals surface area contributed by atoms with E-state index in [1.165, 1.54) is 25.7 Å².